The largest absolute Gasteiger partial charge is 0.396 e. The maximum atomic E-state index is 13.0. The van der Waals surface area contributed by atoms with Gasteiger partial charge in [0, 0.05) is 5.69 Å². The van der Waals surface area contributed by atoms with Crippen LogP contribution in [0.1, 0.15) is 11.7 Å². The van der Waals surface area contributed by atoms with E-state index >= 15 is 0 Å². The smallest absolute Gasteiger partial charge is 0.257 e. The van der Waals surface area contributed by atoms with E-state index in [-0.39, 0.29) is 5.69 Å². The van der Waals surface area contributed by atoms with E-state index in [9.17, 15) is 14.3 Å². The van der Waals surface area contributed by atoms with Crippen molar-refractivity contribution in [2.24, 2.45) is 0 Å². The molecule has 1 unspecified atom stereocenters. The molecule has 1 atom stereocenters. The third-order valence-electron chi connectivity index (χ3n) is 2.63. The summed E-state index contributed by atoms with van der Waals surface area (Å²) in [7, 11) is 0. The molecule has 0 radical (unpaired) electrons. The lowest BCUT2D eigenvalue weighted by Gasteiger charge is -2.12. The van der Waals surface area contributed by atoms with E-state index in [1.54, 1.807) is 30.3 Å². The summed E-state index contributed by atoms with van der Waals surface area (Å²) in [6.07, 6.45) is -1.28. The first-order chi connectivity index (χ1) is 9.08. The number of nitrogens with one attached hydrogen (secondary N) is 1. The van der Waals surface area contributed by atoms with Crippen LogP contribution in [-0.2, 0) is 4.79 Å². The fourth-order valence-electron chi connectivity index (χ4n) is 1.62. The third kappa shape index (κ3) is 3.08. The SMILES string of the molecule is Nc1cc(NC(=O)C(O)c2ccccc2)ccc1F. The van der Waals surface area contributed by atoms with Gasteiger partial charge in [-0.1, -0.05) is 30.3 Å². The Bertz CT molecular complexity index is 587. The Labute approximate surface area is 109 Å². The van der Waals surface area contributed by atoms with Crippen LogP contribution >= 0.6 is 0 Å². The summed E-state index contributed by atoms with van der Waals surface area (Å²) in [5, 5.41) is 12.3. The monoisotopic (exact) mass is 260 g/mol. The summed E-state index contributed by atoms with van der Waals surface area (Å²) < 4.78 is 13.0. The zero-order valence-electron chi connectivity index (χ0n) is 10.0. The van der Waals surface area contributed by atoms with Crippen LogP contribution in [-0.4, -0.2) is 11.0 Å². The van der Waals surface area contributed by atoms with E-state index in [0.29, 0.717) is 11.3 Å². The van der Waals surface area contributed by atoms with Crippen LogP contribution in [0, 0.1) is 5.82 Å². The summed E-state index contributed by atoms with van der Waals surface area (Å²) in [6.45, 7) is 0. The lowest BCUT2D eigenvalue weighted by atomic mass is 10.1. The Balaban J connectivity index is 2.10. The molecule has 0 spiro atoms. The number of nitrogens with two attached hydrogens (primary N) is 1. The number of rotatable bonds is 3. The fourth-order valence-corrected chi connectivity index (χ4v) is 1.62. The normalized spacial score (nSPS) is 11.9. The van der Waals surface area contributed by atoms with Crippen molar-refractivity contribution >= 4 is 17.3 Å². The standard InChI is InChI=1S/C14H13FN2O2/c15-11-7-6-10(8-12(11)16)17-14(19)13(18)9-4-2-1-3-5-9/h1-8,13,18H,16H2,(H,17,19). The number of nitrogen functional groups attached to an aromatic ring is 1. The minimum atomic E-state index is -1.28. The van der Waals surface area contributed by atoms with Crippen LogP contribution in [0.25, 0.3) is 0 Å². The topological polar surface area (TPSA) is 75.3 Å². The first-order valence-electron chi connectivity index (χ1n) is 5.67. The highest BCUT2D eigenvalue weighted by Crippen LogP contribution is 2.19. The van der Waals surface area contributed by atoms with E-state index in [4.69, 9.17) is 5.73 Å². The predicted octanol–water partition coefficient (Wildman–Crippen LogP) is 2.08. The number of amides is 1. The molecule has 0 saturated carbocycles. The number of aliphatic hydroxyl groups is 1. The summed E-state index contributed by atoms with van der Waals surface area (Å²) in [6, 6.07) is 12.3. The van der Waals surface area contributed by atoms with Crippen molar-refractivity contribution in [3.05, 3.63) is 59.9 Å². The molecule has 2 aromatic carbocycles. The molecular weight excluding hydrogens is 247 g/mol. The van der Waals surface area contributed by atoms with Crippen molar-refractivity contribution < 1.29 is 14.3 Å². The van der Waals surface area contributed by atoms with Gasteiger partial charge in [0.15, 0.2) is 6.10 Å². The Morgan fingerprint density at radius 3 is 2.53 bits per heavy atom. The summed E-state index contributed by atoms with van der Waals surface area (Å²) >= 11 is 0. The highest BCUT2D eigenvalue weighted by atomic mass is 19.1. The zero-order chi connectivity index (χ0) is 13.8. The van der Waals surface area contributed by atoms with Crippen molar-refractivity contribution in [3.63, 3.8) is 0 Å². The van der Waals surface area contributed by atoms with Crippen molar-refractivity contribution in [2.45, 2.75) is 6.10 Å². The first kappa shape index (κ1) is 13.0. The number of benzene rings is 2. The fraction of sp³-hybridized carbons (Fsp3) is 0.0714. The van der Waals surface area contributed by atoms with Gasteiger partial charge in [-0.2, -0.15) is 0 Å². The molecule has 0 aliphatic rings. The lowest BCUT2D eigenvalue weighted by molar-refractivity contribution is -0.124. The summed E-state index contributed by atoms with van der Waals surface area (Å²) in [5.41, 5.74) is 6.15. The van der Waals surface area contributed by atoms with Gasteiger partial charge in [0.25, 0.3) is 5.91 Å². The molecule has 0 aliphatic carbocycles. The van der Waals surface area contributed by atoms with Crippen molar-refractivity contribution in [1.82, 2.24) is 0 Å². The first-order valence-corrected chi connectivity index (χ1v) is 5.67. The minimum absolute atomic E-state index is 0.0630. The molecule has 0 aromatic heterocycles. The number of hydrogen-bond donors (Lipinski definition) is 3. The molecule has 19 heavy (non-hydrogen) atoms. The second kappa shape index (κ2) is 5.49. The van der Waals surface area contributed by atoms with Gasteiger partial charge < -0.3 is 16.2 Å². The van der Waals surface area contributed by atoms with Gasteiger partial charge in [0.05, 0.1) is 5.69 Å². The number of hydrogen-bond acceptors (Lipinski definition) is 3. The van der Waals surface area contributed by atoms with Crippen LogP contribution in [0.5, 0.6) is 0 Å². The predicted molar refractivity (Wildman–Crippen MR) is 70.8 cm³/mol. The molecule has 4 N–H and O–H groups in total. The average Bonchev–Trinajstić information content (AvgIpc) is 2.43. The van der Waals surface area contributed by atoms with Crippen LogP contribution < -0.4 is 11.1 Å². The maximum absolute atomic E-state index is 13.0. The quantitative estimate of drug-likeness (QED) is 0.739. The van der Waals surface area contributed by atoms with Crippen molar-refractivity contribution in [1.29, 1.82) is 0 Å². The number of halogens is 1. The summed E-state index contributed by atoms with van der Waals surface area (Å²) in [5.74, 6) is -1.15. The van der Waals surface area contributed by atoms with Crippen LogP contribution in [0.2, 0.25) is 0 Å². The van der Waals surface area contributed by atoms with E-state index in [1.807, 2.05) is 0 Å². The number of carbonyl (C=O) groups is 1. The van der Waals surface area contributed by atoms with Gasteiger partial charge >= 0.3 is 0 Å². The van der Waals surface area contributed by atoms with Gasteiger partial charge in [-0.05, 0) is 23.8 Å². The molecule has 0 saturated heterocycles. The average molecular weight is 260 g/mol. The van der Waals surface area contributed by atoms with Crippen molar-refractivity contribution in [3.8, 4) is 0 Å². The molecule has 2 aromatic rings. The Morgan fingerprint density at radius 2 is 1.89 bits per heavy atom. The van der Waals surface area contributed by atoms with Crippen LogP contribution in [0.15, 0.2) is 48.5 Å². The molecule has 2 rings (SSSR count). The molecule has 0 heterocycles. The number of aliphatic hydroxyl groups excluding tert-OH is 1. The number of carbonyl (C=O) groups excluding carboxylic acids is 1. The highest BCUT2D eigenvalue weighted by molar-refractivity contribution is 5.95. The maximum Gasteiger partial charge on any atom is 0.257 e. The Kier molecular flexibility index (Phi) is 3.77. The molecule has 5 heteroatoms. The molecule has 98 valence electrons. The Hall–Kier alpha value is -2.40. The molecule has 1 amide bonds. The minimum Gasteiger partial charge on any atom is -0.396 e. The lowest BCUT2D eigenvalue weighted by Crippen LogP contribution is -2.20. The molecule has 0 aliphatic heterocycles. The molecular formula is C14H13FN2O2. The Morgan fingerprint density at radius 1 is 1.21 bits per heavy atom. The van der Waals surface area contributed by atoms with E-state index < -0.39 is 17.8 Å². The number of anilines is 2. The molecule has 0 bridgehead atoms. The van der Waals surface area contributed by atoms with Gasteiger partial charge in [-0.25, -0.2) is 4.39 Å². The third-order valence-corrected chi connectivity index (χ3v) is 2.63. The summed E-state index contributed by atoms with van der Waals surface area (Å²) in [4.78, 5) is 11.8. The zero-order valence-corrected chi connectivity index (χ0v) is 10.0. The van der Waals surface area contributed by atoms with Gasteiger partial charge in [0.1, 0.15) is 5.82 Å². The second-order valence-corrected chi connectivity index (χ2v) is 4.04. The van der Waals surface area contributed by atoms with Gasteiger partial charge in [-0.15, -0.1) is 0 Å². The molecule has 4 nitrogen and oxygen atoms in total. The van der Waals surface area contributed by atoms with Crippen LogP contribution in [0.4, 0.5) is 15.8 Å². The second-order valence-electron chi connectivity index (χ2n) is 4.04. The van der Waals surface area contributed by atoms with Crippen molar-refractivity contribution in [2.75, 3.05) is 11.1 Å². The highest BCUT2D eigenvalue weighted by Gasteiger charge is 2.17. The van der Waals surface area contributed by atoms with Crippen LogP contribution in [0.3, 0.4) is 0 Å². The van der Waals surface area contributed by atoms with Gasteiger partial charge in [-0.3, -0.25) is 4.79 Å². The van der Waals surface area contributed by atoms with E-state index in [1.165, 1.54) is 12.1 Å². The molecule has 0 fully saturated rings. The van der Waals surface area contributed by atoms with E-state index in [0.717, 1.165) is 6.07 Å². The van der Waals surface area contributed by atoms with Gasteiger partial charge in [0.2, 0.25) is 0 Å². The van der Waals surface area contributed by atoms with E-state index in [2.05, 4.69) is 5.32 Å².